The quantitative estimate of drug-likeness (QED) is 0.397. The molecule has 0 radical (unpaired) electrons. The number of carbonyl (C=O) groups is 4. The molecule has 0 N–H and O–H groups in total. The fraction of sp³-hybridized carbons (Fsp3) is 0.0625. The fourth-order valence-electron chi connectivity index (χ4n) is 1.99. The lowest BCUT2D eigenvalue weighted by Crippen LogP contribution is -2.19. The highest BCUT2D eigenvalue weighted by Crippen LogP contribution is 2.40. The van der Waals surface area contributed by atoms with Gasteiger partial charge in [0.1, 0.15) is 7.11 Å². The molecule has 2 aliphatic heterocycles. The van der Waals surface area contributed by atoms with E-state index in [4.69, 9.17) is 18.9 Å². The lowest BCUT2D eigenvalue weighted by atomic mass is 10.1. The summed E-state index contributed by atoms with van der Waals surface area (Å²) < 4.78 is 20.1. The largest absolute Gasteiger partial charge is 0.419 e. The number of rotatable bonds is 1. The van der Waals surface area contributed by atoms with Crippen LogP contribution >= 0.6 is 0 Å². The van der Waals surface area contributed by atoms with Gasteiger partial charge in [0.2, 0.25) is 5.75 Å². The van der Waals surface area contributed by atoms with Gasteiger partial charge in [0.05, 0.1) is 0 Å². The van der Waals surface area contributed by atoms with Crippen LogP contribution in [-0.2, 0) is 28.8 Å². The molecule has 2 bridgehead atoms. The van der Waals surface area contributed by atoms with Gasteiger partial charge in [0, 0.05) is 29.9 Å². The lowest BCUT2D eigenvalue weighted by molar-refractivity contribution is -0.134. The third kappa shape index (κ3) is 3.59. The Balaban J connectivity index is 2.21. The molecule has 1 aromatic carbocycles. The second-order valence-corrected chi connectivity index (χ2v) is 4.73. The number of carbonyl (C=O) groups excluding carboxylic acids is 4. The standard InChI is InChI=1S/C16H9NO9/c1-22-17-16-8-6-9-15(25-13(20)4-2-11(18)23-9)10(7-8)24-12(19)3-5-14(21)26-16/h2-7H,1H3/b4-2-,5-3-,17-16+. The van der Waals surface area contributed by atoms with E-state index in [1.54, 1.807) is 0 Å². The predicted molar refractivity (Wildman–Crippen MR) is 81.3 cm³/mol. The number of hydrogen-bond acceptors (Lipinski definition) is 10. The minimum atomic E-state index is -0.951. The molecule has 1 aromatic rings. The molecular weight excluding hydrogens is 350 g/mol. The molecule has 2 aliphatic rings. The highest BCUT2D eigenvalue weighted by atomic mass is 16.6. The smallest absolute Gasteiger partial charge is 0.337 e. The summed E-state index contributed by atoms with van der Waals surface area (Å²) in [6.07, 6.45) is 3.33. The van der Waals surface area contributed by atoms with E-state index in [1.165, 1.54) is 19.2 Å². The topological polar surface area (TPSA) is 127 Å². The van der Waals surface area contributed by atoms with Gasteiger partial charge in [-0.05, 0) is 17.3 Å². The van der Waals surface area contributed by atoms with Crippen LogP contribution in [0.2, 0.25) is 0 Å². The highest BCUT2D eigenvalue weighted by Gasteiger charge is 2.26. The van der Waals surface area contributed by atoms with Crippen LogP contribution in [-0.4, -0.2) is 36.9 Å². The lowest BCUT2D eigenvalue weighted by Gasteiger charge is -2.17. The number of benzene rings is 1. The van der Waals surface area contributed by atoms with E-state index in [1.807, 2.05) is 0 Å². The van der Waals surface area contributed by atoms with Gasteiger partial charge < -0.3 is 23.8 Å². The maximum Gasteiger partial charge on any atom is 0.337 e. The molecule has 132 valence electrons. The van der Waals surface area contributed by atoms with Crippen LogP contribution in [0.15, 0.2) is 41.6 Å². The van der Waals surface area contributed by atoms with Gasteiger partial charge in [0.15, 0.2) is 11.5 Å². The Morgan fingerprint density at radius 3 is 1.69 bits per heavy atom. The van der Waals surface area contributed by atoms with Gasteiger partial charge >= 0.3 is 23.9 Å². The summed E-state index contributed by atoms with van der Waals surface area (Å²) in [6.45, 7) is 0. The van der Waals surface area contributed by atoms with Crippen LogP contribution in [0, 0.1) is 0 Å². The van der Waals surface area contributed by atoms with Crippen molar-refractivity contribution in [2.24, 2.45) is 5.16 Å². The number of ether oxygens (including phenoxy) is 4. The Morgan fingerprint density at radius 2 is 1.19 bits per heavy atom. The predicted octanol–water partition coefficient (Wildman–Crippen LogP) is 0.394. The van der Waals surface area contributed by atoms with Crippen LogP contribution in [0.4, 0.5) is 0 Å². The second-order valence-electron chi connectivity index (χ2n) is 4.73. The zero-order valence-electron chi connectivity index (χ0n) is 13.1. The summed E-state index contributed by atoms with van der Waals surface area (Å²) in [5.74, 6) is -4.74. The van der Waals surface area contributed by atoms with E-state index in [2.05, 4.69) is 9.99 Å². The SMILES string of the molecule is CO/N=C1/OC(=O)/C=C\C(=O)Oc2cc1cc1c2OC(=O)/C=C\C(=O)O1. The van der Waals surface area contributed by atoms with Crippen molar-refractivity contribution in [3.63, 3.8) is 0 Å². The van der Waals surface area contributed by atoms with E-state index >= 15 is 0 Å². The first-order valence-electron chi connectivity index (χ1n) is 6.99. The van der Waals surface area contributed by atoms with Crippen molar-refractivity contribution in [1.29, 1.82) is 0 Å². The zero-order chi connectivity index (χ0) is 18.7. The Labute approximate surface area is 145 Å². The first kappa shape index (κ1) is 16.9. The van der Waals surface area contributed by atoms with Crippen LogP contribution in [0.5, 0.6) is 17.2 Å². The summed E-state index contributed by atoms with van der Waals surface area (Å²) in [5.41, 5.74) is 0.0606. The first-order valence-corrected chi connectivity index (χ1v) is 6.99. The van der Waals surface area contributed by atoms with Crippen LogP contribution < -0.4 is 14.2 Å². The van der Waals surface area contributed by atoms with E-state index in [-0.39, 0.29) is 28.7 Å². The maximum absolute atomic E-state index is 11.8. The molecular formula is C16H9NO9. The summed E-state index contributed by atoms with van der Waals surface area (Å²) in [7, 11) is 1.22. The number of oxime groups is 1. The number of fused-ring (bicyclic) bond motifs is 4. The molecule has 0 saturated heterocycles. The Morgan fingerprint density at radius 1 is 0.731 bits per heavy atom. The molecule has 0 spiro atoms. The minimum absolute atomic E-state index is 0.0606. The molecule has 26 heavy (non-hydrogen) atoms. The summed E-state index contributed by atoms with van der Waals surface area (Å²) >= 11 is 0. The van der Waals surface area contributed by atoms with Gasteiger partial charge in [-0.1, -0.05) is 0 Å². The molecule has 0 amide bonds. The molecule has 2 heterocycles. The number of hydrogen-bond donors (Lipinski definition) is 0. The van der Waals surface area contributed by atoms with Crippen molar-refractivity contribution in [3.8, 4) is 17.2 Å². The van der Waals surface area contributed by atoms with Gasteiger partial charge in [-0.2, -0.15) is 0 Å². The second kappa shape index (κ2) is 6.89. The van der Waals surface area contributed by atoms with E-state index < -0.39 is 23.9 Å². The number of cyclic esters (lactones) is 1. The van der Waals surface area contributed by atoms with Gasteiger partial charge in [-0.15, -0.1) is 0 Å². The van der Waals surface area contributed by atoms with Crippen molar-refractivity contribution in [2.75, 3.05) is 7.11 Å². The van der Waals surface area contributed by atoms with E-state index in [0.29, 0.717) is 0 Å². The normalized spacial score (nSPS) is 20.4. The van der Waals surface area contributed by atoms with Gasteiger partial charge in [-0.3, -0.25) is 0 Å². The summed E-state index contributed by atoms with van der Waals surface area (Å²) in [5, 5.41) is 3.56. The monoisotopic (exact) mass is 359 g/mol. The van der Waals surface area contributed by atoms with Crippen molar-refractivity contribution in [3.05, 3.63) is 42.0 Å². The molecule has 0 aliphatic carbocycles. The Hall–Kier alpha value is -3.95. The summed E-state index contributed by atoms with van der Waals surface area (Å²) in [4.78, 5) is 51.5. The maximum atomic E-state index is 11.8. The minimum Gasteiger partial charge on any atom is -0.419 e. The first-order chi connectivity index (χ1) is 12.5. The van der Waals surface area contributed by atoms with Gasteiger partial charge in [-0.25, -0.2) is 19.2 Å². The van der Waals surface area contributed by atoms with Crippen molar-refractivity contribution in [2.45, 2.75) is 0 Å². The average molecular weight is 359 g/mol. The summed E-state index contributed by atoms with van der Waals surface area (Å²) in [6, 6.07) is 2.40. The average Bonchev–Trinajstić information content (AvgIpc) is 2.58. The Kier molecular flexibility index (Phi) is 4.48. The van der Waals surface area contributed by atoms with Gasteiger partial charge in [0.25, 0.3) is 5.90 Å². The Bertz CT molecular complexity index is 911. The third-order valence-corrected chi connectivity index (χ3v) is 2.97. The van der Waals surface area contributed by atoms with Crippen molar-refractivity contribution in [1.82, 2.24) is 0 Å². The molecule has 0 fully saturated rings. The molecule has 3 rings (SSSR count). The van der Waals surface area contributed by atoms with Crippen molar-refractivity contribution >= 4 is 29.8 Å². The fourth-order valence-corrected chi connectivity index (χ4v) is 1.99. The number of esters is 4. The van der Waals surface area contributed by atoms with Crippen LogP contribution in [0.3, 0.4) is 0 Å². The van der Waals surface area contributed by atoms with Crippen LogP contribution in [0.25, 0.3) is 0 Å². The molecule has 0 unspecified atom stereocenters. The molecule has 10 nitrogen and oxygen atoms in total. The number of nitrogens with zero attached hydrogens (tertiary/aromatic N) is 1. The molecule has 10 heteroatoms. The van der Waals surface area contributed by atoms with Crippen LogP contribution in [0.1, 0.15) is 5.56 Å². The molecule has 0 saturated carbocycles. The molecule has 0 atom stereocenters. The zero-order valence-corrected chi connectivity index (χ0v) is 13.1. The van der Waals surface area contributed by atoms with Crippen molar-refractivity contribution < 1.29 is 43.0 Å². The third-order valence-electron chi connectivity index (χ3n) is 2.97. The highest BCUT2D eigenvalue weighted by molar-refractivity contribution is 6.06. The van der Waals surface area contributed by atoms with E-state index in [9.17, 15) is 19.2 Å². The van der Waals surface area contributed by atoms with E-state index in [0.717, 1.165) is 24.3 Å². The molecule has 0 aromatic heterocycles.